The first-order valence-electron chi connectivity index (χ1n) is 0.737. The molecule has 0 saturated carbocycles. The van der Waals surface area contributed by atoms with Gasteiger partial charge in [0.15, 0.2) is 0 Å². The molecule has 0 spiro atoms. The van der Waals surface area contributed by atoms with Crippen LogP contribution in [0.2, 0.25) is 0 Å². The summed E-state index contributed by atoms with van der Waals surface area (Å²) in [5, 5.41) is 0. The summed E-state index contributed by atoms with van der Waals surface area (Å²) >= 11 is 0. The molecule has 2 N–H and O–H groups in total. The van der Waals surface area contributed by atoms with Crippen LogP contribution < -0.4 is 29.6 Å². The van der Waals surface area contributed by atoms with Crippen molar-refractivity contribution in [2.45, 2.75) is 0 Å². The van der Waals surface area contributed by atoms with E-state index >= 15 is 0 Å². The van der Waals surface area contributed by atoms with Crippen LogP contribution in [0.15, 0.2) is 0 Å². The van der Waals surface area contributed by atoms with Gasteiger partial charge in [-0.2, -0.15) is 0 Å². The van der Waals surface area contributed by atoms with E-state index in [4.69, 9.17) is 9.79 Å². The van der Waals surface area contributed by atoms with Gasteiger partial charge in [-0.15, -0.1) is 4.73 Å². The topological polar surface area (TPSA) is 49.7 Å². The summed E-state index contributed by atoms with van der Waals surface area (Å²) in [6.07, 6.45) is 0. The Morgan fingerprint density at radius 2 is 1.83 bits per heavy atom. The molecule has 6 heteroatoms. The predicted octanol–water partition coefficient (Wildman–Crippen LogP) is -2.78. The van der Waals surface area contributed by atoms with Crippen LogP contribution in [0.25, 0.3) is 0 Å². The third-order valence-electron chi connectivity index (χ3n) is 0.0617. The average molecular weight is 124 g/mol. The van der Waals surface area contributed by atoms with Crippen LogP contribution in [-0.4, -0.2) is 9.79 Å². The van der Waals surface area contributed by atoms with Gasteiger partial charge in [-0.25, -0.2) is 0 Å². The molecule has 0 unspecified atom stereocenters. The summed E-state index contributed by atoms with van der Waals surface area (Å²) in [5.74, 6) is 0. The van der Waals surface area contributed by atoms with Crippen LogP contribution in [-0.2, 0) is 4.73 Å². The van der Waals surface area contributed by atoms with Crippen LogP contribution in [0.3, 0.4) is 0 Å². The molecule has 0 saturated heterocycles. The zero-order valence-electron chi connectivity index (χ0n) is 4.13. The Morgan fingerprint density at radius 1 is 1.67 bits per heavy atom. The molecule has 0 rings (SSSR count). The summed E-state index contributed by atoms with van der Waals surface area (Å²) in [7, 11) is -2.76. The molecule has 0 amide bonds. The SMILES string of the molecule is OP(O)OF.[H-].[Na+]. The maximum Gasteiger partial charge on any atom is 1.00 e. The van der Waals surface area contributed by atoms with Gasteiger partial charge in [0.05, 0.1) is 0 Å². The van der Waals surface area contributed by atoms with Crippen molar-refractivity contribution in [3.63, 3.8) is 0 Å². The van der Waals surface area contributed by atoms with Crippen LogP contribution in [0.4, 0.5) is 4.53 Å². The van der Waals surface area contributed by atoms with E-state index in [9.17, 15) is 4.53 Å². The largest absolute Gasteiger partial charge is 1.00 e. The van der Waals surface area contributed by atoms with Crippen molar-refractivity contribution in [1.82, 2.24) is 0 Å². The molecular weight excluding hydrogens is 121 g/mol. The Kier molecular flexibility index (Phi) is 10.7. The summed E-state index contributed by atoms with van der Waals surface area (Å²) in [4.78, 5) is 14.8. The van der Waals surface area contributed by atoms with Gasteiger partial charge in [0, 0.05) is 0 Å². The zero-order chi connectivity index (χ0) is 4.28. The summed E-state index contributed by atoms with van der Waals surface area (Å²) in [5.41, 5.74) is 0. The fourth-order valence-corrected chi connectivity index (χ4v) is 0. The van der Waals surface area contributed by atoms with Gasteiger partial charge < -0.3 is 11.2 Å². The molecule has 0 heterocycles. The fraction of sp³-hybridized carbons (Fsp3) is 0. The molecular formula is H3FNaO3P. The molecule has 0 radical (unpaired) electrons. The predicted molar refractivity (Wildman–Crippen MR) is 14.7 cm³/mol. The Morgan fingerprint density at radius 3 is 1.83 bits per heavy atom. The quantitative estimate of drug-likeness (QED) is 0.293. The summed E-state index contributed by atoms with van der Waals surface area (Å²) < 4.78 is 12.6. The molecule has 0 aromatic heterocycles. The Labute approximate surface area is 58.8 Å². The van der Waals surface area contributed by atoms with E-state index in [1.54, 1.807) is 0 Å². The van der Waals surface area contributed by atoms with Crippen molar-refractivity contribution >= 4 is 8.60 Å². The van der Waals surface area contributed by atoms with Crippen LogP contribution in [0, 0.1) is 0 Å². The van der Waals surface area contributed by atoms with Crippen molar-refractivity contribution in [3.05, 3.63) is 0 Å². The number of hydrogen-bond donors (Lipinski definition) is 2. The van der Waals surface area contributed by atoms with E-state index in [0.29, 0.717) is 0 Å². The Bertz CT molecular complexity index is 28.9. The van der Waals surface area contributed by atoms with E-state index in [1.165, 1.54) is 0 Å². The first-order chi connectivity index (χ1) is 2.27. The third kappa shape index (κ3) is 8.97. The van der Waals surface area contributed by atoms with Gasteiger partial charge in [0.2, 0.25) is 0 Å². The average Bonchev–Trinajstić information content (AvgIpc) is 1.38. The zero-order valence-corrected chi connectivity index (χ0v) is 6.02. The van der Waals surface area contributed by atoms with Gasteiger partial charge in [0.1, 0.15) is 0 Å². The second-order valence-electron chi connectivity index (χ2n) is 0.322. The molecule has 3 nitrogen and oxygen atoms in total. The molecule has 0 aliphatic heterocycles. The molecule has 0 atom stereocenters. The van der Waals surface area contributed by atoms with Crippen LogP contribution in [0.1, 0.15) is 1.43 Å². The van der Waals surface area contributed by atoms with Gasteiger partial charge in [-0.05, 0) is 4.53 Å². The number of halogens is 1. The molecule has 0 aromatic carbocycles. The molecule has 0 bridgehead atoms. The maximum absolute atomic E-state index is 10.1. The van der Waals surface area contributed by atoms with Gasteiger partial charge in [-0.1, -0.05) is 0 Å². The van der Waals surface area contributed by atoms with E-state index < -0.39 is 8.60 Å². The molecule has 34 valence electrons. The van der Waals surface area contributed by atoms with Crippen LogP contribution >= 0.6 is 8.60 Å². The van der Waals surface area contributed by atoms with Crippen molar-refractivity contribution in [3.8, 4) is 0 Å². The van der Waals surface area contributed by atoms with Crippen molar-refractivity contribution < 1.29 is 50.0 Å². The van der Waals surface area contributed by atoms with E-state index in [2.05, 4.69) is 4.73 Å². The summed E-state index contributed by atoms with van der Waals surface area (Å²) in [6.45, 7) is 0. The Balaban J connectivity index is -0.0000000800. The standard InChI is InChI=1S/FH2O3P.Na.H/c1-4-5(2)3;;/h2-3H;;/q;+1;-1. The molecule has 0 aliphatic carbocycles. The monoisotopic (exact) mass is 124 g/mol. The second-order valence-corrected chi connectivity index (χ2v) is 0.965. The van der Waals surface area contributed by atoms with E-state index in [-0.39, 0.29) is 31.0 Å². The van der Waals surface area contributed by atoms with Crippen molar-refractivity contribution in [1.29, 1.82) is 0 Å². The Hall–Kier alpha value is 1.24. The first kappa shape index (κ1) is 10.3. The minimum absolute atomic E-state index is 0. The van der Waals surface area contributed by atoms with Gasteiger partial charge in [-0.3, -0.25) is 0 Å². The van der Waals surface area contributed by atoms with Crippen molar-refractivity contribution in [2.75, 3.05) is 0 Å². The first-order valence-corrected chi connectivity index (χ1v) is 1.90. The molecule has 0 aromatic rings. The van der Waals surface area contributed by atoms with E-state index in [0.717, 1.165) is 0 Å². The van der Waals surface area contributed by atoms with Crippen molar-refractivity contribution in [2.24, 2.45) is 0 Å². The van der Waals surface area contributed by atoms with Gasteiger partial charge in [0.25, 0.3) is 0 Å². The third-order valence-corrected chi connectivity index (χ3v) is 0.185. The maximum atomic E-state index is 10.1. The molecule has 0 aliphatic rings. The van der Waals surface area contributed by atoms with E-state index in [1.807, 2.05) is 0 Å². The molecule has 6 heavy (non-hydrogen) atoms. The molecule has 0 fully saturated rings. The van der Waals surface area contributed by atoms with Gasteiger partial charge >= 0.3 is 38.2 Å². The van der Waals surface area contributed by atoms with Crippen LogP contribution in [0.5, 0.6) is 0 Å². The second kappa shape index (κ2) is 6.24. The minimum atomic E-state index is -2.76. The normalized spacial score (nSPS) is 8.00. The minimum Gasteiger partial charge on any atom is -1.00 e. The summed E-state index contributed by atoms with van der Waals surface area (Å²) in [6, 6.07) is 0. The smallest absolute Gasteiger partial charge is 1.00 e. The number of rotatable bonds is 1. The number of hydrogen-bond acceptors (Lipinski definition) is 3. The fourth-order valence-electron chi connectivity index (χ4n) is 0.